The predicted octanol–water partition coefficient (Wildman–Crippen LogP) is 2.16. The van der Waals surface area contributed by atoms with Crippen LogP contribution in [0.3, 0.4) is 0 Å². The first-order valence-electron chi connectivity index (χ1n) is 5.22. The van der Waals surface area contributed by atoms with Crippen molar-refractivity contribution in [3.8, 4) is 0 Å². The summed E-state index contributed by atoms with van der Waals surface area (Å²) in [6.45, 7) is 0. The fourth-order valence-electron chi connectivity index (χ4n) is 1.82. The zero-order valence-corrected chi connectivity index (χ0v) is 11.4. The lowest BCUT2D eigenvalue weighted by atomic mass is 10.0. The van der Waals surface area contributed by atoms with E-state index >= 15 is 0 Å². The normalized spacial score (nSPS) is 12.7. The molecule has 1 atom stereocenters. The number of hydrogen-bond acceptors (Lipinski definition) is 3. The first-order chi connectivity index (χ1) is 8.54. The zero-order chi connectivity index (χ0) is 13.3. The van der Waals surface area contributed by atoms with Gasteiger partial charge in [0.1, 0.15) is 11.6 Å². The van der Waals surface area contributed by atoms with Gasteiger partial charge in [-0.1, -0.05) is 11.3 Å². The second kappa shape index (κ2) is 5.11. The molecule has 0 aliphatic heterocycles. The van der Waals surface area contributed by atoms with Crippen molar-refractivity contribution >= 4 is 15.9 Å². The van der Waals surface area contributed by atoms with Gasteiger partial charge in [-0.2, -0.15) is 0 Å². The summed E-state index contributed by atoms with van der Waals surface area (Å²) in [7, 11) is 3.39. The molecule has 7 heteroatoms. The number of benzene rings is 1. The van der Waals surface area contributed by atoms with E-state index in [1.807, 2.05) is 0 Å². The van der Waals surface area contributed by atoms with Crippen molar-refractivity contribution in [3.63, 3.8) is 0 Å². The van der Waals surface area contributed by atoms with Gasteiger partial charge in [0.2, 0.25) is 0 Å². The van der Waals surface area contributed by atoms with Gasteiger partial charge in [-0.15, -0.1) is 5.10 Å². The highest BCUT2D eigenvalue weighted by atomic mass is 79.9. The summed E-state index contributed by atoms with van der Waals surface area (Å²) in [5.74, 6) is -1.21. The molecule has 0 spiro atoms. The van der Waals surface area contributed by atoms with Gasteiger partial charge in [0, 0.05) is 18.7 Å². The number of aromatic nitrogens is 3. The van der Waals surface area contributed by atoms with Gasteiger partial charge in [0.05, 0.1) is 11.7 Å². The Labute approximate surface area is 111 Å². The topological polar surface area (TPSA) is 42.7 Å². The molecule has 96 valence electrons. The highest BCUT2D eigenvalue weighted by Crippen LogP contribution is 2.28. The molecule has 0 fully saturated rings. The maximum atomic E-state index is 13.8. The number of nitrogens with zero attached hydrogens (tertiary/aromatic N) is 3. The summed E-state index contributed by atoms with van der Waals surface area (Å²) in [4.78, 5) is 0. The van der Waals surface area contributed by atoms with Crippen LogP contribution in [-0.2, 0) is 7.05 Å². The Morgan fingerprint density at radius 3 is 2.61 bits per heavy atom. The smallest absolute Gasteiger partial charge is 0.153 e. The maximum Gasteiger partial charge on any atom is 0.153 e. The van der Waals surface area contributed by atoms with Crippen LogP contribution in [0.25, 0.3) is 0 Å². The first kappa shape index (κ1) is 13.1. The lowest BCUT2D eigenvalue weighted by Gasteiger charge is -2.17. The van der Waals surface area contributed by atoms with Crippen LogP contribution in [0.2, 0.25) is 0 Å². The largest absolute Gasteiger partial charge is 0.308 e. The van der Waals surface area contributed by atoms with E-state index in [0.29, 0.717) is 15.9 Å². The summed E-state index contributed by atoms with van der Waals surface area (Å²) < 4.78 is 28.8. The standard InChI is InChI=1S/C11H11BrF2N4/c1-15-9(10-11(12)16-17-18(10)2)7-4-3-6(13)5-8(7)14/h3-5,9,15H,1-2H3. The fourth-order valence-corrected chi connectivity index (χ4v) is 2.38. The SMILES string of the molecule is CNC(c1ccc(F)cc1F)c1c(Br)nnn1C. The van der Waals surface area contributed by atoms with E-state index < -0.39 is 17.7 Å². The average Bonchev–Trinajstić information content (AvgIpc) is 2.64. The third-order valence-electron chi connectivity index (χ3n) is 2.66. The molecule has 0 amide bonds. The molecule has 1 N–H and O–H groups in total. The second-order valence-electron chi connectivity index (χ2n) is 3.78. The average molecular weight is 317 g/mol. The molecule has 0 aliphatic rings. The summed E-state index contributed by atoms with van der Waals surface area (Å²) in [5.41, 5.74) is 1.01. The van der Waals surface area contributed by atoms with Crippen LogP contribution in [-0.4, -0.2) is 22.0 Å². The summed E-state index contributed by atoms with van der Waals surface area (Å²) in [6, 6.07) is 3.03. The summed E-state index contributed by atoms with van der Waals surface area (Å²) >= 11 is 3.26. The first-order valence-corrected chi connectivity index (χ1v) is 6.01. The van der Waals surface area contributed by atoms with E-state index in [4.69, 9.17) is 0 Å². The summed E-state index contributed by atoms with van der Waals surface area (Å²) in [6.07, 6.45) is 0. The van der Waals surface area contributed by atoms with Crippen LogP contribution in [0.4, 0.5) is 8.78 Å². The van der Waals surface area contributed by atoms with E-state index in [9.17, 15) is 8.78 Å². The molecule has 1 heterocycles. The highest BCUT2D eigenvalue weighted by molar-refractivity contribution is 9.10. The van der Waals surface area contributed by atoms with Gasteiger partial charge in [-0.25, -0.2) is 13.5 Å². The Morgan fingerprint density at radius 2 is 2.11 bits per heavy atom. The van der Waals surface area contributed by atoms with Gasteiger partial charge < -0.3 is 5.32 Å². The molecule has 1 aromatic heterocycles. The number of halogens is 3. The van der Waals surface area contributed by atoms with E-state index in [1.54, 1.807) is 14.1 Å². The lowest BCUT2D eigenvalue weighted by molar-refractivity contribution is 0.534. The Hall–Kier alpha value is -1.34. The van der Waals surface area contributed by atoms with Gasteiger partial charge in [-0.05, 0) is 29.0 Å². The van der Waals surface area contributed by atoms with Crippen molar-refractivity contribution in [2.24, 2.45) is 7.05 Å². The van der Waals surface area contributed by atoms with Gasteiger partial charge >= 0.3 is 0 Å². The minimum atomic E-state index is -0.609. The Morgan fingerprint density at radius 1 is 1.39 bits per heavy atom. The zero-order valence-electron chi connectivity index (χ0n) is 9.78. The molecular weight excluding hydrogens is 306 g/mol. The Bertz CT molecular complexity index is 551. The van der Waals surface area contributed by atoms with E-state index in [0.717, 1.165) is 6.07 Å². The Kier molecular flexibility index (Phi) is 3.72. The molecule has 2 aromatic rings. The minimum absolute atomic E-state index is 0.338. The number of nitrogens with one attached hydrogen (secondary N) is 1. The predicted molar refractivity (Wildman–Crippen MR) is 66.0 cm³/mol. The second-order valence-corrected chi connectivity index (χ2v) is 4.53. The van der Waals surface area contributed by atoms with Gasteiger partial charge in [0.15, 0.2) is 4.60 Å². The quantitative estimate of drug-likeness (QED) is 0.943. The summed E-state index contributed by atoms with van der Waals surface area (Å²) in [5, 5.41) is 10.7. The van der Waals surface area contributed by atoms with E-state index in [1.165, 1.54) is 16.8 Å². The molecule has 18 heavy (non-hydrogen) atoms. The van der Waals surface area contributed by atoms with Crippen molar-refractivity contribution in [2.45, 2.75) is 6.04 Å². The fraction of sp³-hybridized carbons (Fsp3) is 0.273. The van der Waals surface area contributed by atoms with Crippen LogP contribution >= 0.6 is 15.9 Å². The number of rotatable bonds is 3. The third kappa shape index (κ3) is 2.28. The van der Waals surface area contributed by atoms with Crippen molar-refractivity contribution in [3.05, 3.63) is 45.7 Å². The molecule has 1 unspecified atom stereocenters. The maximum absolute atomic E-state index is 13.8. The Balaban J connectivity index is 2.52. The van der Waals surface area contributed by atoms with Crippen molar-refractivity contribution in [2.75, 3.05) is 7.05 Å². The van der Waals surface area contributed by atoms with Crippen LogP contribution in [0.1, 0.15) is 17.3 Å². The van der Waals surface area contributed by atoms with Crippen LogP contribution < -0.4 is 5.32 Å². The molecule has 0 bridgehead atoms. The molecule has 4 nitrogen and oxygen atoms in total. The van der Waals surface area contributed by atoms with E-state index in [-0.39, 0.29) is 0 Å². The van der Waals surface area contributed by atoms with Crippen molar-refractivity contribution < 1.29 is 8.78 Å². The van der Waals surface area contributed by atoms with Crippen molar-refractivity contribution in [1.29, 1.82) is 0 Å². The minimum Gasteiger partial charge on any atom is -0.308 e. The molecule has 0 radical (unpaired) electrons. The molecular formula is C11H11BrF2N4. The monoisotopic (exact) mass is 316 g/mol. The molecule has 0 saturated carbocycles. The van der Waals surface area contributed by atoms with Crippen LogP contribution in [0.5, 0.6) is 0 Å². The van der Waals surface area contributed by atoms with E-state index in [2.05, 4.69) is 31.6 Å². The number of aryl methyl sites for hydroxylation is 1. The molecule has 2 rings (SSSR count). The molecule has 0 saturated heterocycles. The van der Waals surface area contributed by atoms with Gasteiger partial charge in [-0.3, -0.25) is 0 Å². The molecule has 0 aliphatic carbocycles. The third-order valence-corrected chi connectivity index (χ3v) is 3.23. The lowest BCUT2D eigenvalue weighted by Crippen LogP contribution is -2.22. The van der Waals surface area contributed by atoms with Crippen LogP contribution in [0, 0.1) is 11.6 Å². The van der Waals surface area contributed by atoms with Crippen LogP contribution in [0.15, 0.2) is 22.8 Å². The highest BCUT2D eigenvalue weighted by Gasteiger charge is 2.23. The number of hydrogen-bond donors (Lipinski definition) is 1. The van der Waals surface area contributed by atoms with Crippen molar-refractivity contribution in [1.82, 2.24) is 20.3 Å². The van der Waals surface area contributed by atoms with Gasteiger partial charge in [0.25, 0.3) is 0 Å². The molecule has 1 aromatic carbocycles.